The van der Waals surface area contributed by atoms with Crippen LogP contribution in [-0.2, 0) is 0 Å². The summed E-state index contributed by atoms with van der Waals surface area (Å²) in [5, 5.41) is 2.44. The van der Waals surface area contributed by atoms with Gasteiger partial charge in [0.1, 0.15) is 5.75 Å². The first-order valence-corrected chi connectivity index (χ1v) is 7.05. The smallest absolute Gasteiger partial charge is 0.127 e. The maximum Gasteiger partial charge on any atom is 0.127 e. The minimum atomic E-state index is 0.906. The van der Waals surface area contributed by atoms with Gasteiger partial charge in [-0.1, -0.05) is 48.5 Å². The SMILES string of the molecule is COc1ccc2ccccc2c1-c1ccccc1N(C)C. The van der Waals surface area contributed by atoms with E-state index in [4.69, 9.17) is 4.74 Å². The van der Waals surface area contributed by atoms with Crippen molar-refractivity contribution >= 4 is 16.5 Å². The van der Waals surface area contributed by atoms with Crippen LogP contribution in [0, 0.1) is 0 Å². The Morgan fingerprint density at radius 2 is 1.52 bits per heavy atom. The number of fused-ring (bicyclic) bond motifs is 1. The van der Waals surface area contributed by atoms with Crippen molar-refractivity contribution in [3.05, 3.63) is 60.7 Å². The number of rotatable bonds is 3. The Morgan fingerprint density at radius 3 is 2.29 bits per heavy atom. The van der Waals surface area contributed by atoms with Crippen molar-refractivity contribution < 1.29 is 4.74 Å². The number of anilines is 1. The van der Waals surface area contributed by atoms with E-state index in [9.17, 15) is 0 Å². The summed E-state index contributed by atoms with van der Waals surface area (Å²) >= 11 is 0. The van der Waals surface area contributed by atoms with Crippen LogP contribution in [-0.4, -0.2) is 21.2 Å². The number of methoxy groups -OCH3 is 1. The predicted octanol–water partition coefficient (Wildman–Crippen LogP) is 4.58. The highest BCUT2D eigenvalue weighted by molar-refractivity contribution is 6.02. The molecular weight excluding hydrogens is 258 g/mol. The van der Waals surface area contributed by atoms with Crippen LogP contribution in [0.2, 0.25) is 0 Å². The van der Waals surface area contributed by atoms with E-state index in [0.29, 0.717) is 0 Å². The number of para-hydroxylation sites is 1. The van der Waals surface area contributed by atoms with Crippen molar-refractivity contribution in [1.29, 1.82) is 0 Å². The molecule has 0 aliphatic heterocycles. The molecule has 2 nitrogen and oxygen atoms in total. The molecule has 0 spiro atoms. The van der Waals surface area contributed by atoms with Crippen LogP contribution < -0.4 is 9.64 Å². The fourth-order valence-corrected chi connectivity index (χ4v) is 2.77. The molecule has 0 unspecified atom stereocenters. The summed E-state index contributed by atoms with van der Waals surface area (Å²) in [5.74, 6) is 0.906. The van der Waals surface area contributed by atoms with E-state index < -0.39 is 0 Å². The third kappa shape index (κ3) is 2.33. The Hall–Kier alpha value is -2.48. The minimum absolute atomic E-state index is 0.906. The van der Waals surface area contributed by atoms with Gasteiger partial charge >= 0.3 is 0 Å². The first kappa shape index (κ1) is 13.5. The third-order valence-corrected chi connectivity index (χ3v) is 3.77. The van der Waals surface area contributed by atoms with Gasteiger partial charge in [0, 0.05) is 30.9 Å². The Kier molecular flexibility index (Phi) is 3.53. The molecule has 0 radical (unpaired) electrons. The molecule has 3 aromatic carbocycles. The number of ether oxygens (including phenoxy) is 1. The molecule has 3 aromatic rings. The molecule has 0 aliphatic carbocycles. The van der Waals surface area contributed by atoms with E-state index in [2.05, 4.69) is 73.6 Å². The van der Waals surface area contributed by atoms with Crippen LogP contribution in [0.1, 0.15) is 0 Å². The molecule has 0 fully saturated rings. The minimum Gasteiger partial charge on any atom is -0.496 e. The van der Waals surface area contributed by atoms with Gasteiger partial charge in [0.05, 0.1) is 7.11 Å². The zero-order chi connectivity index (χ0) is 14.8. The number of nitrogens with zero attached hydrogens (tertiary/aromatic N) is 1. The van der Waals surface area contributed by atoms with Crippen molar-refractivity contribution in [3.8, 4) is 16.9 Å². The molecule has 0 atom stereocenters. The van der Waals surface area contributed by atoms with Crippen molar-refractivity contribution in [2.75, 3.05) is 26.1 Å². The zero-order valence-electron chi connectivity index (χ0n) is 12.6. The van der Waals surface area contributed by atoms with Gasteiger partial charge in [-0.15, -0.1) is 0 Å². The predicted molar refractivity (Wildman–Crippen MR) is 90.3 cm³/mol. The summed E-state index contributed by atoms with van der Waals surface area (Å²) in [6.45, 7) is 0. The second-order valence-electron chi connectivity index (χ2n) is 5.28. The zero-order valence-corrected chi connectivity index (χ0v) is 12.6. The lowest BCUT2D eigenvalue weighted by Gasteiger charge is -2.20. The number of benzene rings is 3. The maximum atomic E-state index is 5.62. The maximum absolute atomic E-state index is 5.62. The topological polar surface area (TPSA) is 12.5 Å². The van der Waals surface area contributed by atoms with E-state index >= 15 is 0 Å². The van der Waals surface area contributed by atoms with E-state index in [-0.39, 0.29) is 0 Å². The lowest BCUT2D eigenvalue weighted by molar-refractivity contribution is 0.417. The lowest BCUT2D eigenvalue weighted by atomic mass is 9.95. The second-order valence-corrected chi connectivity index (χ2v) is 5.28. The summed E-state index contributed by atoms with van der Waals surface area (Å²) < 4.78 is 5.62. The van der Waals surface area contributed by atoms with Gasteiger partial charge in [-0.2, -0.15) is 0 Å². The van der Waals surface area contributed by atoms with Gasteiger partial charge in [-0.3, -0.25) is 0 Å². The van der Waals surface area contributed by atoms with Gasteiger partial charge < -0.3 is 9.64 Å². The highest BCUT2D eigenvalue weighted by atomic mass is 16.5. The van der Waals surface area contributed by atoms with Crippen LogP contribution in [0.3, 0.4) is 0 Å². The Morgan fingerprint density at radius 1 is 0.810 bits per heavy atom. The van der Waals surface area contributed by atoms with Gasteiger partial charge in [0.15, 0.2) is 0 Å². The summed E-state index contributed by atoms with van der Waals surface area (Å²) in [4.78, 5) is 2.14. The lowest BCUT2D eigenvalue weighted by Crippen LogP contribution is -2.10. The first-order chi connectivity index (χ1) is 10.2. The molecule has 0 saturated heterocycles. The van der Waals surface area contributed by atoms with Gasteiger partial charge in [0.2, 0.25) is 0 Å². The molecule has 106 valence electrons. The van der Waals surface area contributed by atoms with Gasteiger partial charge in [0.25, 0.3) is 0 Å². The quantitative estimate of drug-likeness (QED) is 0.694. The largest absolute Gasteiger partial charge is 0.496 e. The molecule has 0 aromatic heterocycles. The molecule has 0 amide bonds. The third-order valence-electron chi connectivity index (χ3n) is 3.77. The normalized spacial score (nSPS) is 10.6. The van der Waals surface area contributed by atoms with Crippen LogP contribution >= 0.6 is 0 Å². The van der Waals surface area contributed by atoms with E-state index in [1.54, 1.807) is 7.11 Å². The van der Waals surface area contributed by atoms with Crippen LogP contribution in [0.15, 0.2) is 60.7 Å². The fourth-order valence-electron chi connectivity index (χ4n) is 2.77. The first-order valence-electron chi connectivity index (χ1n) is 7.05. The van der Waals surface area contributed by atoms with Crippen LogP contribution in [0.25, 0.3) is 21.9 Å². The summed E-state index contributed by atoms with van der Waals surface area (Å²) in [5.41, 5.74) is 3.53. The Balaban J connectivity index is 2.39. The number of hydrogen-bond donors (Lipinski definition) is 0. The molecule has 2 heteroatoms. The number of hydrogen-bond acceptors (Lipinski definition) is 2. The molecule has 0 N–H and O–H groups in total. The van der Waals surface area contributed by atoms with Gasteiger partial charge in [-0.25, -0.2) is 0 Å². The molecule has 0 bridgehead atoms. The second kappa shape index (κ2) is 5.49. The van der Waals surface area contributed by atoms with E-state index in [1.165, 1.54) is 22.0 Å². The van der Waals surface area contributed by atoms with Crippen LogP contribution in [0.4, 0.5) is 5.69 Å². The molecule has 3 rings (SSSR count). The Bertz CT molecular complexity index is 777. The van der Waals surface area contributed by atoms with Crippen molar-refractivity contribution in [2.45, 2.75) is 0 Å². The average Bonchev–Trinajstić information content (AvgIpc) is 2.53. The van der Waals surface area contributed by atoms with Crippen molar-refractivity contribution in [3.63, 3.8) is 0 Å². The molecular formula is C19H19NO. The summed E-state index contributed by atoms with van der Waals surface area (Å²) in [6.07, 6.45) is 0. The summed E-state index contributed by atoms with van der Waals surface area (Å²) in [6, 6.07) is 21.0. The molecule has 0 aliphatic rings. The molecule has 0 heterocycles. The van der Waals surface area contributed by atoms with Gasteiger partial charge in [-0.05, 0) is 22.9 Å². The molecule has 21 heavy (non-hydrogen) atoms. The standard InChI is InChI=1S/C19H19NO/c1-20(2)17-11-7-6-10-16(17)19-15-9-5-4-8-14(15)12-13-18(19)21-3/h4-13H,1-3H3. The highest BCUT2D eigenvalue weighted by Crippen LogP contribution is 2.41. The van der Waals surface area contributed by atoms with E-state index in [1.807, 2.05) is 6.07 Å². The fraction of sp³-hybridized carbons (Fsp3) is 0.158. The summed E-state index contributed by atoms with van der Waals surface area (Å²) in [7, 11) is 5.86. The monoisotopic (exact) mass is 277 g/mol. The van der Waals surface area contributed by atoms with Crippen molar-refractivity contribution in [2.24, 2.45) is 0 Å². The molecule has 0 saturated carbocycles. The average molecular weight is 277 g/mol. The van der Waals surface area contributed by atoms with E-state index in [0.717, 1.165) is 11.3 Å². The van der Waals surface area contributed by atoms with Crippen LogP contribution in [0.5, 0.6) is 5.75 Å². The highest BCUT2D eigenvalue weighted by Gasteiger charge is 2.14. The Labute approximate surface area is 125 Å². The van der Waals surface area contributed by atoms with Crippen molar-refractivity contribution in [1.82, 2.24) is 0 Å².